The van der Waals surface area contributed by atoms with Gasteiger partial charge in [0.25, 0.3) is 0 Å². The molecule has 0 saturated carbocycles. The first-order chi connectivity index (χ1) is 6.09. The molecule has 0 amide bonds. The summed E-state index contributed by atoms with van der Waals surface area (Å²) < 4.78 is 4.40. The zero-order valence-electron chi connectivity index (χ0n) is 7.53. The van der Waals surface area contributed by atoms with Crippen LogP contribution in [-0.4, -0.2) is 11.9 Å². The Morgan fingerprint density at radius 1 is 1.15 bits per heavy atom. The second-order valence-electron chi connectivity index (χ2n) is 2.75. The van der Waals surface area contributed by atoms with Gasteiger partial charge in [0.2, 0.25) is 0 Å². The van der Waals surface area contributed by atoms with Gasteiger partial charge in [-0.2, -0.15) is 0 Å². The SMILES string of the molecule is CC(=O)OC(=O)c1ccc(C)cc1. The molecular formula is C10H10O3. The van der Waals surface area contributed by atoms with Crippen LogP contribution in [0.5, 0.6) is 0 Å². The largest absolute Gasteiger partial charge is 0.390 e. The molecule has 0 radical (unpaired) electrons. The number of carbonyl (C=O) groups excluding carboxylic acids is 2. The molecule has 1 rings (SSSR count). The lowest BCUT2D eigenvalue weighted by molar-refractivity contribution is -0.135. The van der Waals surface area contributed by atoms with E-state index in [1.807, 2.05) is 6.92 Å². The fourth-order valence-corrected chi connectivity index (χ4v) is 0.879. The summed E-state index contributed by atoms with van der Waals surface area (Å²) in [5, 5.41) is 0. The Kier molecular flexibility index (Phi) is 2.80. The van der Waals surface area contributed by atoms with Gasteiger partial charge in [-0.1, -0.05) is 17.7 Å². The summed E-state index contributed by atoms with van der Waals surface area (Å²) in [5.74, 6) is -1.20. The lowest BCUT2D eigenvalue weighted by Gasteiger charge is -1.99. The first kappa shape index (κ1) is 9.45. The first-order valence-corrected chi connectivity index (χ1v) is 3.89. The number of hydrogen-bond donors (Lipinski definition) is 0. The molecule has 0 N–H and O–H groups in total. The highest BCUT2D eigenvalue weighted by Gasteiger charge is 2.08. The van der Waals surface area contributed by atoms with Gasteiger partial charge in [-0.15, -0.1) is 0 Å². The van der Waals surface area contributed by atoms with Crippen LogP contribution in [0.15, 0.2) is 24.3 Å². The Balaban J connectivity index is 2.78. The van der Waals surface area contributed by atoms with Crippen molar-refractivity contribution < 1.29 is 14.3 Å². The van der Waals surface area contributed by atoms with Crippen LogP contribution in [-0.2, 0) is 9.53 Å². The number of carbonyl (C=O) groups is 2. The van der Waals surface area contributed by atoms with Gasteiger partial charge in [0, 0.05) is 6.92 Å². The number of hydrogen-bond acceptors (Lipinski definition) is 3. The summed E-state index contributed by atoms with van der Waals surface area (Å²) in [5.41, 5.74) is 1.44. The molecule has 1 aromatic carbocycles. The van der Waals surface area contributed by atoms with Crippen LogP contribution in [0.4, 0.5) is 0 Å². The molecule has 0 aromatic heterocycles. The van der Waals surface area contributed by atoms with Crippen molar-refractivity contribution in [2.75, 3.05) is 0 Å². The van der Waals surface area contributed by atoms with Gasteiger partial charge in [-0.05, 0) is 19.1 Å². The van der Waals surface area contributed by atoms with Crippen molar-refractivity contribution in [3.05, 3.63) is 35.4 Å². The van der Waals surface area contributed by atoms with Crippen molar-refractivity contribution in [3.63, 3.8) is 0 Å². The summed E-state index contributed by atoms with van der Waals surface area (Å²) in [7, 11) is 0. The number of benzene rings is 1. The van der Waals surface area contributed by atoms with E-state index in [4.69, 9.17) is 0 Å². The number of esters is 2. The van der Waals surface area contributed by atoms with E-state index in [0.717, 1.165) is 5.56 Å². The number of ether oxygens (including phenoxy) is 1. The molecule has 0 aliphatic rings. The Labute approximate surface area is 76.3 Å². The van der Waals surface area contributed by atoms with Crippen LogP contribution in [0.2, 0.25) is 0 Å². The molecule has 1 aromatic rings. The minimum Gasteiger partial charge on any atom is -0.390 e. The first-order valence-electron chi connectivity index (χ1n) is 3.89. The standard InChI is InChI=1S/C10H10O3/c1-7-3-5-9(6-4-7)10(12)13-8(2)11/h3-6H,1-2H3. The van der Waals surface area contributed by atoms with Gasteiger partial charge in [-0.25, -0.2) is 4.79 Å². The van der Waals surface area contributed by atoms with Crippen LogP contribution in [0.25, 0.3) is 0 Å². The maximum atomic E-state index is 11.1. The molecule has 68 valence electrons. The maximum Gasteiger partial charge on any atom is 0.345 e. The molecule has 0 unspecified atom stereocenters. The lowest BCUT2D eigenvalue weighted by Crippen LogP contribution is -2.08. The van der Waals surface area contributed by atoms with E-state index in [1.54, 1.807) is 24.3 Å². The van der Waals surface area contributed by atoms with Crippen molar-refractivity contribution in [1.29, 1.82) is 0 Å². The molecule has 3 heteroatoms. The smallest absolute Gasteiger partial charge is 0.345 e. The predicted octanol–water partition coefficient (Wildman–Crippen LogP) is 1.70. The van der Waals surface area contributed by atoms with Crippen molar-refractivity contribution in [1.82, 2.24) is 0 Å². The van der Waals surface area contributed by atoms with Gasteiger partial charge in [0.1, 0.15) is 0 Å². The highest BCUT2D eigenvalue weighted by molar-refractivity contribution is 5.96. The number of rotatable bonds is 1. The average Bonchev–Trinajstić information content (AvgIpc) is 2.04. The third kappa shape index (κ3) is 2.71. The lowest BCUT2D eigenvalue weighted by atomic mass is 10.1. The van der Waals surface area contributed by atoms with Gasteiger partial charge in [0.05, 0.1) is 5.56 Å². The van der Waals surface area contributed by atoms with E-state index >= 15 is 0 Å². The van der Waals surface area contributed by atoms with Crippen LogP contribution in [0.1, 0.15) is 22.8 Å². The maximum absolute atomic E-state index is 11.1. The zero-order valence-corrected chi connectivity index (χ0v) is 7.53. The van der Waals surface area contributed by atoms with Gasteiger partial charge < -0.3 is 4.74 Å². The van der Waals surface area contributed by atoms with E-state index in [2.05, 4.69) is 4.74 Å². The predicted molar refractivity (Wildman–Crippen MR) is 47.3 cm³/mol. The van der Waals surface area contributed by atoms with Crippen molar-refractivity contribution in [2.45, 2.75) is 13.8 Å². The quantitative estimate of drug-likeness (QED) is 0.485. The van der Waals surface area contributed by atoms with E-state index in [0.29, 0.717) is 5.56 Å². The van der Waals surface area contributed by atoms with Crippen molar-refractivity contribution in [3.8, 4) is 0 Å². The summed E-state index contributed by atoms with van der Waals surface area (Å²) in [4.78, 5) is 21.6. The fraction of sp³-hybridized carbons (Fsp3) is 0.200. The third-order valence-electron chi connectivity index (χ3n) is 1.52. The van der Waals surface area contributed by atoms with Gasteiger partial charge in [0.15, 0.2) is 0 Å². The average molecular weight is 178 g/mol. The van der Waals surface area contributed by atoms with Crippen LogP contribution < -0.4 is 0 Å². The molecular weight excluding hydrogens is 168 g/mol. The van der Waals surface area contributed by atoms with Gasteiger partial charge in [-0.3, -0.25) is 4.79 Å². The second kappa shape index (κ2) is 3.85. The normalized spacial score (nSPS) is 9.38. The summed E-state index contributed by atoms with van der Waals surface area (Å²) in [6.45, 7) is 3.12. The molecule has 0 aliphatic carbocycles. The van der Waals surface area contributed by atoms with Gasteiger partial charge >= 0.3 is 11.9 Å². The van der Waals surface area contributed by atoms with Crippen LogP contribution >= 0.6 is 0 Å². The third-order valence-corrected chi connectivity index (χ3v) is 1.52. The molecule has 0 fully saturated rings. The highest BCUT2D eigenvalue weighted by Crippen LogP contribution is 2.04. The molecule has 0 heterocycles. The minimum atomic E-state index is -0.604. The zero-order chi connectivity index (χ0) is 9.84. The van der Waals surface area contributed by atoms with E-state index in [9.17, 15) is 9.59 Å². The van der Waals surface area contributed by atoms with E-state index in [1.165, 1.54) is 6.92 Å². The monoisotopic (exact) mass is 178 g/mol. The molecule has 0 saturated heterocycles. The van der Waals surface area contributed by atoms with Crippen LogP contribution in [0, 0.1) is 6.92 Å². The Bertz CT molecular complexity index is 325. The summed E-state index contributed by atoms with van der Waals surface area (Å²) in [6.07, 6.45) is 0. The molecule has 0 aliphatic heterocycles. The summed E-state index contributed by atoms with van der Waals surface area (Å²) in [6, 6.07) is 6.83. The Morgan fingerprint density at radius 3 is 2.15 bits per heavy atom. The number of aryl methyl sites for hydroxylation is 1. The Morgan fingerprint density at radius 2 is 1.69 bits per heavy atom. The van der Waals surface area contributed by atoms with Crippen molar-refractivity contribution >= 4 is 11.9 Å². The molecule has 3 nitrogen and oxygen atoms in total. The molecule has 0 bridgehead atoms. The van der Waals surface area contributed by atoms with Crippen LogP contribution in [0.3, 0.4) is 0 Å². The topological polar surface area (TPSA) is 43.4 Å². The molecule has 13 heavy (non-hydrogen) atoms. The molecule has 0 spiro atoms. The van der Waals surface area contributed by atoms with E-state index < -0.39 is 11.9 Å². The Hall–Kier alpha value is -1.64. The minimum absolute atomic E-state index is 0.390. The summed E-state index contributed by atoms with van der Waals surface area (Å²) >= 11 is 0. The van der Waals surface area contributed by atoms with E-state index in [-0.39, 0.29) is 0 Å². The van der Waals surface area contributed by atoms with Crippen molar-refractivity contribution in [2.24, 2.45) is 0 Å². The highest BCUT2D eigenvalue weighted by atomic mass is 16.6. The molecule has 0 atom stereocenters. The fourth-order valence-electron chi connectivity index (χ4n) is 0.879. The second-order valence-corrected chi connectivity index (χ2v) is 2.75.